The van der Waals surface area contributed by atoms with Crippen molar-refractivity contribution in [3.8, 4) is 0 Å². The first-order chi connectivity index (χ1) is 12.2. The zero-order valence-electron chi connectivity index (χ0n) is 14.4. The quantitative estimate of drug-likeness (QED) is 0.646. The molecule has 130 valence electrons. The number of hydrogen-bond acceptors (Lipinski definition) is 6. The predicted octanol–water partition coefficient (Wildman–Crippen LogP) is 4.11. The van der Waals surface area contributed by atoms with Crippen molar-refractivity contribution in [1.82, 2.24) is 9.97 Å². The van der Waals surface area contributed by atoms with Crippen molar-refractivity contribution in [2.24, 2.45) is 0 Å². The van der Waals surface area contributed by atoms with Gasteiger partial charge in [0.05, 0.1) is 12.5 Å². The number of fused-ring (bicyclic) bond motifs is 1. The highest BCUT2D eigenvalue weighted by Gasteiger charge is 2.11. The molecular weight excluding hydrogens is 334 g/mol. The SMILES string of the molecule is COC(=O)CCCc1nc(NCc2ccccc2)c2cc(C)sc2n1. The summed E-state index contributed by atoms with van der Waals surface area (Å²) in [5, 5.41) is 4.48. The van der Waals surface area contributed by atoms with Crippen LogP contribution in [0.3, 0.4) is 0 Å². The van der Waals surface area contributed by atoms with Gasteiger partial charge in [0.2, 0.25) is 0 Å². The smallest absolute Gasteiger partial charge is 0.305 e. The average Bonchev–Trinajstić information content (AvgIpc) is 3.00. The van der Waals surface area contributed by atoms with Crippen LogP contribution in [0.1, 0.15) is 29.1 Å². The number of hydrogen-bond donors (Lipinski definition) is 1. The second-order valence-corrected chi connectivity index (χ2v) is 7.07. The fourth-order valence-electron chi connectivity index (χ4n) is 2.61. The Morgan fingerprint density at radius 2 is 2.04 bits per heavy atom. The number of nitrogens with zero attached hydrogens (tertiary/aromatic N) is 2. The van der Waals surface area contributed by atoms with Gasteiger partial charge in [-0.05, 0) is 25.0 Å². The monoisotopic (exact) mass is 355 g/mol. The van der Waals surface area contributed by atoms with Gasteiger partial charge < -0.3 is 10.1 Å². The fraction of sp³-hybridized carbons (Fsp3) is 0.316. The molecule has 0 spiro atoms. The molecule has 0 saturated heterocycles. The number of rotatable bonds is 7. The van der Waals surface area contributed by atoms with E-state index < -0.39 is 0 Å². The largest absolute Gasteiger partial charge is 0.469 e. The summed E-state index contributed by atoms with van der Waals surface area (Å²) in [6, 6.07) is 12.3. The lowest BCUT2D eigenvalue weighted by Gasteiger charge is -2.09. The van der Waals surface area contributed by atoms with Gasteiger partial charge in [0.25, 0.3) is 0 Å². The van der Waals surface area contributed by atoms with Gasteiger partial charge >= 0.3 is 5.97 Å². The van der Waals surface area contributed by atoms with Crippen LogP contribution in [0.2, 0.25) is 0 Å². The maximum Gasteiger partial charge on any atom is 0.305 e. The molecule has 0 aliphatic carbocycles. The molecule has 0 radical (unpaired) electrons. The Morgan fingerprint density at radius 3 is 2.80 bits per heavy atom. The zero-order valence-corrected chi connectivity index (χ0v) is 15.2. The van der Waals surface area contributed by atoms with Crippen LogP contribution in [0.25, 0.3) is 10.2 Å². The van der Waals surface area contributed by atoms with Gasteiger partial charge in [0.1, 0.15) is 16.5 Å². The number of ether oxygens (including phenoxy) is 1. The number of carbonyl (C=O) groups is 1. The number of nitrogens with one attached hydrogen (secondary N) is 1. The van der Waals surface area contributed by atoms with E-state index in [1.807, 2.05) is 18.2 Å². The highest BCUT2D eigenvalue weighted by atomic mass is 32.1. The first-order valence-electron chi connectivity index (χ1n) is 8.27. The Balaban J connectivity index is 1.78. The Kier molecular flexibility index (Phi) is 5.60. The minimum atomic E-state index is -0.199. The van der Waals surface area contributed by atoms with Crippen molar-refractivity contribution in [1.29, 1.82) is 0 Å². The van der Waals surface area contributed by atoms with Gasteiger partial charge in [0, 0.05) is 24.3 Å². The highest BCUT2D eigenvalue weighted by molar-refractivity contribution is 7.18. The summed E-state index contributed by atoms with van der Waals surface area (Å²) in [6.45, 7) is 2.79. The van der Waals surface area contributed by atoms with E-state index in [-0.39, 0.29) is 5.97 Å². The zero-order chi connectivity index (χ0) is 17.6. The number of anilines is 1. The summed E-state index contributed by atoms with van der Waals surface area (Å²) < 4.78 is 4.68. The van der Waals surface area contributed by atoms with Crippen LogP contribution in [0.4, 0.5) is 5.82 Å². The van der Waals surface area contributed by atoms with E-state index in [1.54, 1.807) is 11.3 Å². The molecule has 25 heavy (non-hydrogen) atoms. The lowest BCUT2D eigenvalue weighted by molar-refractivity contribution is -0.140. The molecule has 0 saturated carbocycles. The number of carbonyl (C=O) groups excluding carboxylic acids is 1. The van der Waals surface area contributed by atoms with Crippen LogP contribution in [0.5, 0.6) is 0 Å². The predicted molar refractivity (Wildman–Crippen MR) is 101 cm³/mol. The maximum atomic E-state index is 11.3. The standard InChI is InChI=1S/C19H21N3O2S/c1-13-11-15-18(20-12-14-7-4-3-5-8-14)21-16(22-19(15)25-13)9-6-10-17(23)24-2/h3-5,7-8,11H,6,9-10,12H2,1-2H3,(H,20,21,22). The molecule has 1 aromatic carbocycles. The first kappa shape index (κ1) is 17.4. The normalized spacial score (nSPS) is 10.8. The first-order valence-corrected chi connectivity index (χ1v) is 9.09. The Hall–Kier alpha value is -2.47. The molecular formula is C19H21N3O2S. The molecule has 0 bridgehead atoms. The Bertz CT molecular complexity index is 862. The lowest BCUT2D eigenvalue weighted by Crippen LogP contribution is -2.06. The van der Waals surface area contributed by atoms with Gasteiger partial charge in [-0.2, -0.15) is 0 Å². The molecule has 3 rings (SSSR count). The molecule has 0 aliphatic heterocycles. The molecule has 3 aromatic rings. The van der Waals surface area contributed by atoms with E-state index in [9.17, 15) is 4.79 Å². The minimum absolute atomic E-state index is 0.199. The molecule has 0 fully saturated rings. The van der Waals surface area contributed by atoms with Crippen molar-refractivity contribution in [3.05, 3.63) is 52.7 Å². The summed E-state index contributed by atoms with van der Waals surface area (Å²) in [6.07, 6.45) is 1.72. The van der Waals surface area contributed by atoms with E-state index in [0.29, 0.717) is 25.8 Å². The summed E-state index contributed by atoms with van der Waals surface area (Å²) in [5.41, 5.74) is 1.20. The van der Waals surface area contributed by atoms with E-state index in [1.165, 1.54) is 17.6 Å². The number of aromatic nitrogens is 2. The van der Waals surface area contributed by atoms with Crippen molar-refractivity contribution in [2.75, 3.05) is 12.4 Å². The van der Waals surface area contributed by atoms with Gasteiger partial charge in [-0.15, -0.1) is 11.3 Å². The van der Waals surface area contributed by atoms with Gasteiger partial charge in [-0.1, -0.05) is 30.3 Å². The molecule has 2 aromatic heterocycles. The number of methoxy groups -OCH3 is 1. The number of thiophene rings is 1. The fourth-order valence-corrected chi connectivity index (χ4v) is 3.51. The lowest BCUT2D eigenvalue weighted by atomic mass is 10.2. The molecule has 0 aliphatic rings. The summed E-state index contributed by atoms with van der Waals surface area (Å²) in [4.78, 5) is 22.8. The molecule has 5 nitrogen and oxygen atoms in total. The third-order valence-corrected chi connectivity index (χ3v) is 4.82. The number of esters is 1. The van der Waals surface area contributed by atoms with E-state index in [2.05, 4.69) is 45.1 Å². The van der Waals surface area contributed by atoms with Crippen molar-refractivity contribution in [3.63, 3.8) is 0 Å². The summed E-state index contributed by atoms with van der Waals surface area (Å²) in [7, 11) is 1.41. The van der Waals surface area contributed by atoms with Crippen LogP contribution in [0.15, 0.2) is 36.4 Å². The van der Waals surface area contributed by atoms with Crippen LogP contribution >= 0.6 is 11.3 Å². The van der Waals surface area contributed by atoms with Crippen LogP contribution in [-0.4, -0.2) is 23.0 Å². The van der Waals surface area contributed by atoms with Crippen molar-refractivity contribution in [2.45, 2.75) is 32.7 Å². The number of benzene rings is 1. The second-order valence-electron chi connectivity index (χ2n) is 5.83. The van der Waals surface area contributed by atoms with E-state index >= 15 is 0 Å². The summed E-state index contributed by atoms with van der Waals surface area (Å²) in [5.74, 6) is 1.41. The van der Waals surface area contributed by atoms with E-state index in [4.69, 9.17) is 0 Å². The molecule has 1 N–H and O–H groups in total. The third kappa shape index (κ3) is 4.54. The van der Waals surface area contributed by atoms with Gasteiger partial charge in [0.15, 0.2) is 0 Å². The van der Waals surface area contributed by atoms with Crippen molar-refractivity contribution >= 4 is 33.3 Å². The summed E-state index contributed by atoms with van der Waals surface area (Å²) >= 11 is 1.66. The van der Waals surface area contributed by atoms with Crippen LogP contribution < -0.4 is 5.32 Å². The average molecular weight is 355 g/mol. The van der Waals surface area contributed by atoms with Crippen molar-refractivity contribution < 1.29 is 9.53 Å². The third-order valence-electron chi connectivity index (χ3n) is 3.87. The van der Waals surface area contributed by atoms with Gasteiger partial charge in [-0.3, -0.25) is 4.79 Å². The topological polar surface area (TPSA) is 64.1 Å². The van der Waals surface area contributed by atoms with E-state index in [0.717, 1.165) is 21.9 Å². The van der Waals surface area contributed by atoms with Gasteiger partial charge in [-0.25, -0.2) is 9.97 Å². The number of aryl methyl sites for hydroxylation is 2. The molecule has 0 atom stereocenters. The highest BCUT2D eigenvalue weighted by Crippen LogP contribution is 2.29. The molecule has 2 heterocycles. The van der Waals surface area contributed by atoms with Crippen LogP contribution in [-0.2, 0) is 22.5 Å². The Labute approximate surface area is 151 Å². The molecule has 0 unspecified atom stereocenters. The molecule has 6 heteroatoms. The minimum Gasteiger partial charge on any atom is -0.469 e. The second kappa shape index (κ2) is 8.07. The maximum absolute atomic E-state index is 11.3. The Morgan fingerprint density at radius 1 is 1.24 bits per heavy atom. The molecule has 0 amide bonds. The van der Waals surface area contributed by atoms with Crippen LogP contribution in [0, 0.1) is 6.92 Å².